The Bertz CT molecular complexity index is 583. The molecule has 108 valence electrons. The lowest BCUT2D eigenvalue weighted by Crippen LogP contribution is -2.52. The number of rotatable bonds is 3. The zero-order valence-electron chi connectivity index (χ0n) is 11.1. The van der Waals surface area contributed by atoms with Crippen LogP contribution in [0.15, 0.2) is 23.1 Å². The van der Waals surface area contributed by atoms with E-state index in [2.05, 4.69) is 5.32 Å². The van der Waals surface area contributed by atoms with Gasteiger partial charge in [-0.3, -0.25) is 24.3 Å². The highest BCUT2D eigenvalue weighted by atomic mass is 16.6. The number of aromatic nitrogens is 1. The zero-order valence-corrected chi connectivity index (χ0v) is 11.1. The lowest BCUT2D eigenvalue weighted by molar-refractivity contribution is -0.385. The number of hydrogen-bond acceptors (Lipinski definition) is 5. The van der Waals surface area contributed by atoms with Gasteiger partial charge in [-0.05, 0) is 6.92 Å². The fourth-order valence-corrected chi connectivity index (χ4v) is 2.15. The lowest BCUT2D eigenvalue weighted by atomic mass is 10.2. The molecule has 1 saturated heterocycles. The van der Waals surface area contributed by atoms with E-state index < -0.39 is 10.5 Å². The molecule has 2 rings (SSSR count). The molecule has 1 aliphatic rings. The molecular formula is C12H16N4O4. The predicted molar refractivity (Wildman–Crippen MR) is 71.4 cm³/mol. The van der Waals surface area contributed by atoms with Crippen LogP contribution >= 0.6 is 0 Å². The third kappa shape index (κ3) is 3.21. The van der Waals surface area contributed by atoms with E-state index in [0.717, 1.165) is 22.9 Å². The third-order valence-electron chi connectivity index (χ3n) is 3.21. The maximum Gasteiger partial charge on any atom is 0.285 e. The lowest BCUT2D eigenvalue weighted by Gasteiger charge is -2.32. The quantitative estimate of drug-likeness (QED) is 0.599. The first-order chi connectivity index (χ1) is 9.47. The third-order valence-corrected chi connectivity index (χ3v) is 3.21. The zero-order chi connectivity index (χ0) is 14.7. The summed E-state index contributed by atoms with van der Waals surface area (Å²) in [6, 6.07) is 2.44. The van der Waals surface area contributed by atoms with Crippen molar-refractivity contribution in [2.75, 3.05) is 19.6 Å². The molecule has 1 aromatic rings. The first-order valence-corrected chi connectivity index (χ1v) is 6.33. The fourth-order valence-electron chi connectivity index (χ4n) is 2.15. The molecule has 0 spiro atoms. The van der Waals surface area contributed by atoms with Gasteiger partial charge < -0.3 is 10.2 Å². The van der Waals surface area contributed by atoms with Crippen LogP contribution in [0.3, 0.4) is 0 Å². The number of piperazine rings is 1. The topological polar surface area (TPSA) is 97.5 Å². The largest absolute Gasteiger partial charge is 0.338 e. The molecule has 8 nitrogen and oxygen atoms in total. The van der Waals surface area contributed by atoms with Gasteiger partial charge >= 0.3 is 0 Å². The van der Waals surface area contributed by atoms with Crippen molar-refractivity contribution in [3.63, 3.8) is 0 Å². The summed E-state index contributed by atoms with van der Waals surface area (Å²) in [5.74, 6) is -0.207. The van der Waals surface area contributed by atoms with E-state index in [1.54, 1.807) is 4.90 Å². The van der Waals surface area contributed by atoms with Crippen molar-refractivity contribution >= 4 is 11.6 Å². The highest BCUT2D eigenvalue weighted by Gasteiger charge is 2.21. The minimum absolute atomic E-state index is 0.173. The second-order valence-electron chi connectivity index (χ2n) is 4.81. The minimum atomic E-state index is -0.590. The summed E-state index contributed by atoms with van der Waals surface area (Å²) in [5, 5.41) is 13.9. The summed E-state index contributed by atoms with van der Waals surface area (Å²) in [6.45, 7) is 3.65. The molecule has 2 heterocycles. The van der Waals surface area contributed by atoms with E-state index in [9.17, 15) is 19.7 Å². The first-order valence-electron chi connectivity index (χ1n) is 6.33. The van der Waals surface area contributed by atoms with Crippen LogP contribution < -0.4 is 10.9 Å². The van der Waals surface area contributed by atoms with E-state index in [1.165, 1.54) is 0 Å². The van der Waals surface area contributed by atoms with Gasteiger partial charge in [-0.2, -0.15) is 0 Å². The Labute approximate surface area is 115 Å². The van der Waals surface area contributed by atoms with E-state index in [4.69, 9.17) is 0 Å². The molecule has 1 aromatic heterocycles. The number of hydrogen-bond donors (Lipinski definition) is 1. The molecule has 1 amide bonds. The van der Waals surface area contributed by atoms with Crippen LogP contribution in [0.1, 0.15) is 6.92 Å². The van der Waals surface area contributed by atoms with Gasteiger partial charge in [0.2, 0.25) is 5.91 Å². The van der Waals surface area contributed by atoms with Crippen LogP contribution in [0.5, 0.6) is 0 Å². The van der Waals surface area contributed by atoms with Crippen LogP contribution in [0.4, 0.5) is 5.69 Å². The number of nitrogens with zero attached hydrogens (tertiary/aromatic N) is 3. The second kappa shape index (κ2) is 5.83. The van der Waals surface area contributed by atoms with Crippen molar-refractivity contribution in [2.24, 2.45) is 0 Å². The Morgan fingerprint density at radius 2 is 2.30 bits per heavy atom. The Morgan fingerprint density at radius 3 is 2.95 bits per heavy atom. The number of carbonyl (C=O) groups excluding carboxylic acids is 1. The van der Waals surface area contributed by atoms with Crippen LogP contribution in [-0.4, -0.2) is 46.0 Å². The number of pyridine rings is 1. The summed E-state index contributed by atoms with van der Waals surface area (Å²) in [5.41, 5.74) is -0.627. The molecule has 0 saturated carbocycles. The Hall–Kier alpha value is -2.22. The van der Waals surface area contributed by atoms with Gasteiger partial charge in [0.25, 0.3) is 11.2 Å². The number of nitrogens with one attached hydrogen (secondary N) is 1. The molecule has 0 radical (unpaired) electrons. The van der Waals surface area contributed by atoms with Gasteiger partial charge in [0.05, 0.1) is 11.1 Å². The van der Waals surface area contributed by atoms with E-state index in [0.29, 0.717) is 19.6 Å². The maximum atomic E-state index is 12.1. The average Bonchev–Trinajstić information content (AvgIpc) is 2.41. The van der Waals surface area contributed by atoms with Crippen molar-refractivity contribution in [1.82, 2.24) is 14.8 Å². The molecule has 0 bridgehead atoms. The summed E-state index contributed by atoms with van der Waals surface area (Å²) >= 11 is 0. The van der Waals surface area contributed by atoms with Crippen LogP contribution in [0.25, 0.3) is 0 Å². The average molecular weight is 280 g/mol. The molecule has 1 N–H and O–H groups in total. The van der Waals surface area contributed by atoms with Crippen molar-refractivity contribution in [3.8, 4) is 0 Å². The Morgan fingerprint density at radius 1 is 1.55 bits per heavy atom. The van der Waals surface area contributed by atoms with Crippen LogP contribution in [-0.2, 0) is 11.3 Å². The normalized spacial score (nSPS) is 18.9. The Kier molecular flexibility index (Phi) is 4.14. The van der Waals surface area contributed by atoms with Gasteiger partial charge in [0.1, 0.15) is 6.54 Å². The number of amides is 1. The summed E-state index contributed by atoms with van der Waals surface area (Å²) in [4.78, 5) is 35.5. The molecule has 0 aliphatic carbocycles. The molecule has 1 unspecified atom stereocenters. The fraction of sp³-hybridized carbons (Fsp3) is 0.500. The monoisotopic (exact) mass is 280 g/mol. The van der Waals surface area contributed by atoms with Crippen molar-refractivity contribution in [2.45, 2.75) is 19.5 Å². The van der Waals surface area contributed by atoms with Crippen LogP contribution in [0, 0.1) is 10.1 Å². The minimum Gasteiger partial charge on any atom is -0.338 e. The summed E-state index contributed by atoms with van der Waals surface area (Å²) in [6.07, 6.45) is 1.10. The molecule has 1 atom stereocenters. The molecule has 8 heteroatoms. The summed E-state index contributed by atoms with van der Waals surface area (Å²) < 4.78 is 1.08. The summed E-state index contributed by atoms with van der Waals surface area (Å²) in [7, 11) is 0. The molecule has 1 fully saturated rings. The Balaban J connectivity index is 2.13. The van der Waals surface area contributed by atoms with Gasteiger partial charge in [0.15, 0.2) is 0 Å². The van der Waals surface area contributed by atoms with Crippen molar-refractivity contribution < 1.29 is 9.72 Å². The smallest absolute Gasteiger partial charge is 0.285 e. The standard InChI is InChI=1S/C12H16N4O4/c1-9-6-14(5-4-13-9)12(18)8-15-7-10(16(19)20)2-3-11(15)17/h2-3,7,9,13H,4-6,8H2,1H3. The molecule has 1 aliphatic heterocycles. The molecule has 20 heavy (non-hydrogen) atoms. The highest BCUT2D eigenvalue weighted by Crippen LogP contribution is 2.07. The van der Waals surface area contributed by atoms with Gasteiger partial charge in [-0.25, -0.2) is 0 Å². The van der Waals surface area contributed by atoms with Gasteiger partial charge in [-0.15, -0.1) is 0 Å². The highest BCUT2D eigenvalue weighted by molar-refractivity contribution is 5.76. The molecule has 0 aromatic carbocycles. The number of nitro groups is 1. The van der Waals surface area contributed by atoms with Crippen molar-refractivity contribution in [1.29, 1.82) is 0 Å². The van der Waals surface area contributed by atoms with E-state index in [-0.39, 0.29) is 24.2 Å². The second-order valence-corrected chi connectivity index (χ2v) is 4.81. The van der Waals surface area contributed by atoms with E-state index >= 15 is 0 Å². The maximum absolute atomic E-state index is 12.1. The van der Waals surface area contributed by atoms with Crippen molar-refractivity contribution in [3.05, 3.63) is 38.8 Å². The molecular weight excluding hydrogens is 264 g/mol. The van der Waals surface area contributed by atoms with Gasteiger partial charge in [0, 0.05) is 37.8 Å². The number of carbonyl (C=O) groups is 1. The van der Waals surface area contributed by atoms with Gasteiger partial charge in [-0.1, -0.05) is 0 Å². The van der Waals surface area contributed by atoms with Crippen LogP contribution in [0.2, 0.25) is 0 Å². The van der Waals surface area contributed by atoms with E-state index in [1.807, 2.05) is 6.92 Å². The first kappa shape index (κ1) is 14.2. The SMILES string of the molecule is CC1CN(C(=O)Cn2cc([N+](=O)[O-])ccc2=O)CCN1. The predicted octanol–water partition coefficient (Wildman–Crippen LogP) is -0.423.